The zero-order valence-electron chi connectivity index (χ0n) is 13.3. The zero-order chi connectivity index (χ0) is 15.9. The first kappa shape index (κ1) is 16.6. The van der Waals surface area contributed by atoms with Crippen molar-refractivity contribution < 1.29 is 14.6 Å². The lowest BCUT2D eigenvalue weighted by Crippen LogP contribution is -2.52. The van der Waals surface area contributed by atoms with Crippen molar-refractivity contribution >= 4 is 6.03 Å². The summed E-state index contributed by atoms with van der Waals surface area (Å²) in [6.45, 7) is 5.97. The number of methoxy groups -OCH3 is 1. The Kier molecular flexibility index (Phi) is 6.03. The van der Waals surface area contributed by atoms with E-state index in [-0.39, 0.29) is 12.1 Å². The summed E-state index contributed by atoms with van der Waals surface area (Å²) < 4.78 is 5.11. The largest absolute Gasteiger partial charge is 0.497 e. The van der Waals surface area contributed by atoms with E-state index in [1.54, 1.807) is 14.0 Å². The number of piperazine rings is 1. The van der Waals surface area contributed by atoms with Gasteiger partial charge in [-0.1, -0.05) is 12.1 Å². The Morgan fingerprint density at radius 1 is 1.27 bits per heavy atom. The molecule has 6 heteroatoms. The molecule has 0 aliphatic carbocycles. The second kappa shape index (κ2) is 8.00. The topological polar surface area (TPSA) is 65.0 Å². The third-order valence-electron chi connectivity index (χ3n) is 3.78. The summed E-state index contributed by atoms with van der Waals surface area (Å²) in [5.74, 6) is 0.810. The number of amides is 2. The number of nitrogens with zero attached hydrogens (tertiary/aromatic N) is 2. The average molecular weight is 307 g/mol. The number of β-amino-alcohol motifs (C(OH)–C–C–N with tert-alkyl or cyclic N) is 1. The number of benzene rings is 1. The predicted molar refractivity (Wildman–Crippen MR) is 84.9 cm³/mol. The smallest absolute Gasteiger partial charge is 0.317 e. The number of urea groups is 1. The molecule has 1 aliphatic rings. The normalized spacial score (nSPS) is 17.1. The summed E-state index contributed by atoms with van der Waals surface area (Å²) in [4.78, 5) is 16.1. The molecule has 1 aliphatic heterocycles. The van der Waals surface area contributed by atoms with E-state index in [4.69, 9.17) is 4.74 Å². The van der Waals surface area contributed by atoms with Gasteiger partial charge >= 0.3 is 6.03 Å². The molecule has 6 nitrogen and oxygen atoms in total. The third kappa shape index (κ3) is 4.89. The Balaban J connectivity index is 1.73. The average Bonchev–Trinajstić information content (AvgIpc) is 2.53. The molecule has 2 N–H and O–H groups in total. The number of aliphatic hydroxyl groups is 1. The highest BCUT2D eigenvalue weighted by Gasteiger charge is 2.21. The summed E-state index contributed by atoms with van der Waals surface area (Å²) in [5.41, 5.74) is 1.04. The summed E-state index contributed by atoms with van der Waals surface area (Å²) in [6, 6.07) is 7.62. The fourth-order valence-electron chi connectivity index (χ4n) is 2.54. The predicted octanol–water partition coefficient (Wildman–Crippen LogP) is 0.903. The van der Waals surface area contributed by atoms with E-state index >= 15 is 0 Å². The van der Waals surface area contributed by atoms with Gasteiger partial charge in [0, 0.05) is 39.3 Å². The minimum atomic E-state index is -0.324. The lowest BCUT2D eigenvalue weighted by Gasteiger charge is -2.35. The van der Waals surface area contributed by atoms with Crippen LogP contribution in [0.2, 0.25) is 0 Å². The quantitative estimate of drug-likeness (QED) is 0.848. The van der Waals surface area contributed by atoms with Crippen LogP contribution >= 0.6 is 0 Å². The Hall–Kier alpha value is -1.79. The molecule has 0 spiro atoms. The minimum Gasteiger partial charge on any atom is -0.497 e. The van der Waals surface area contributed by atoms with Crippen LogP contribution in [0.5, 0.6) is 5.75 Å². The number of carbonyl (C=O) groups is 1. The lowest BCUT2D eigenvalue weighted by atomic mass is 10.2. The third-order valence-corrected chi connectivity index (χ3v) is 3.78. The first-order valence-electron chi connectivity index (χ1n) is 7.64. The molecule has 1 heterocycles. The summed E-state index contributed by atoms with van der Waals surface area (Å²) >= 11 is 0. The Bertz CT molecular complexity index is 468. The van der Waals surface area contributed by atoms with E-state index in [1.807, 2.05) is 29.2 Å². The number of hydrogen-bond donors (Lipinski definition) is 2. The van der Waals surface area contributed by atoms with Gasteiger partial charge in [0.1, 0.15) is 5.75 Å². The van der Waals surface area contributed by atoms with Crippen molar-refractivity contribution in [1.29, 1.82) is 0 Å². The van der Waals surface area contributed by atoms with Crippen LogP contribution < -0.4 is 10.1 Å². The molecule has 1 atom stereocenters. The molecule has 1 saturated heterocycles. The molecule has 0 aromatic heterocycles. The first-order chi connectivity index (χ1) is 10.6. The van der Waals surface area contributed by atoms with Crippen LogP contribution in [-0.2, 0) is 6.54 Å². The minimum absolute atomic E-state index is 0.0347. The molecule has 1 aromatic carbocycles. The molecule has 0 radical (unpaired) electrons. The van der Waals surface area contributed by atoms with Gasteiger partial charge < -0.3 is 20.1 Å². The highest BCUT2D eigenvalue weighted by Crippen LogP contribution is 2.11. The number of aliphatic hydroxyl groups excluding tert-OH is 1. The zero-order valence-corrected chi connectivity index (χ0v) is 13.3. The molecule has 0 saturated carbocycles. The lowest BCUT2D eigenvalue weighted by molar-refractivity contribution is 0.0897. The molecule has 2 amide bonds. The van der Waals surface area contributed by atoms with E-state index in [9.17, 15) is 9.90 Å². The van der Waals surface area contributed by atoms with Crippen LogP contribution in [0, 0.1) is 0 Å². The highest BCUT2D eigenvalue weighted by molar-refractivity contribution is 5.74. The van der Waals surface area contributed by atoms with Gasteiger partial charge in [-0.05, 0) is 24.6 Å². The van der Waals surface area contributed by atoms with Crippen LogP contribution in [0.3, 0.4) is 0 Å². The van der Waals surface area contributed by atoms with Gasteiger partial charge in [-0.3, -0.25) is 4.90 Å². The second-order valence-electron chi connectivity index (χ2n) is 5.64. The van der Waals surface area contributed by atoms with Crippen molar-refractivity contribution in [3.8, 4) is 5.75 Å². The molecule has 122 valence electrons. The van der Waals surface area contributed by atoms with Crippen LogP contribution in [-0.4, -0.2) is 66.9 Å². The van der Waals surface area contributed by atoms with Gasteiger partial charge in [0.15, 0.2) is 0 Å². The molecular weight excluding hydrogens is 282 g/mol. The van der Waals surface area contributed by atoms with Crippen molar-refractivity contribution in [3.05, 3.63) is 29.8 Å². The van der Waals surface area contributed by atoms with E-state index in [0.717, 1.165) is 24.4 Å². The van der Waals surface area contributed by atoms with Gasteiger partial charge in [-0.25, -0.2) is 4.79 Å². The van der Waals surface area contributed by atoms with Crippen molar-refractivity contribution in [2.24, 2.45) is 0 Å². The van der Waals surface area contributed by atoms with Gasteiger partial charge in [-0.15, -0.1) is 0 Å². The van der Waals surface area contributed by atoms with Gasteiger partial charge in [0.2, 0.25) is 0 Å². The summed E-state index contributed by atoms with van der Waals surface area (Å²) in [5, 5.41) is 12.3. The number of nitrogens with one attached hydrogen (secondary N) is 1. The standard InChI is InChI=1S/C16H25N3O3/c1-13(20)12-18-7-9-19(10-8-18)16(21)17-11-14-3-5-15(22-2)6-4-14/h3-6,13,20H,7-12H2,1-2H3,(H,17,21). The number of carbonyl (C=O) groups excluding carboxylic acids is 1. The SMILES string of the molecule is COc1ccc(CNC(=O)N2CCN(CC(C)O)CC2)cc1. The van der Waals surface area contributed by atoms with E-state index < -0.39 is 0 Å². The highest BCUT2D eigenvalue weighted by atomic mass is 16.5. The second-order valence-corrected chi connectivity index (χ2v) is 5.64. The maximum atomic E-state index is 12.1. The first-order valence-corrected chi connectivity index (χ1v) is 7.64. The van der Waals surface area contributed by atoms with Crippen molar-refractivity contribution in [2.75, 3.05) is 39.8 Å². The maximum absolute atomic E-state index is 12.1. The van der Waals surface area contributed by atoms with Gasteiger partial charge in [-0.2, -0.15) is 0 Å². The monoisotopic (exact) mass is 307 g/mol. The van der Waals surface area contributed by atoms with E-state index in [2.05, 4.69) is 10.2 Å². The van der Waals surface area contributed by atoms with Crippen molar-refractivity contribution in [1.82, 2.24) is 15.1 Å². The van der Waals surface area contributed by atoms with Crippen LogP contribution in [0.4, 0.5) is 4.79 Å². The Morgan fingerprint density at radius 3 is 2.45 bits per heavy atom. The van der Waals surface area contributed by atoms with Crippen molar-refractivity contribution in [2.45, 2.75) is 19.6 Å². The molecule has 1 fully saturated rings. The van der Waals surface area contributed by atoms with Gasteiger partial charge in [0.05, 0.1) is 13.2 Å². The van der Waals surface area contributed by atoms with Gasteiger partial charge in [0.25, 0.3) is 0 Å². The number of rotatable bonds is 5. The molecule has 22 heavy (non-hydrogen) atoms. The molecule has 0 bridgehead atoms. The number of ether oxygens (including phenoxy) is 1. The van der Waals surface area contributed by atoms with Crippen molar-refractivity contribution in [3.63, 3.8) is 0 Å². The van der Waals surface area contributed by atoms with Crippen LogP contribution in [0.1, 0.15) is 12.5 Å². The maximum Gasteiger partial charge on any atom is 0.317 e. The van der Waals surface area contributed by atoms with E-state index in [0.29, 0.717) is 26.2 Å². The number of hydrogen-bond acceptors (Lipinski definition) is 4. The van der Waals surface area contributed by atoms with Crippen LogP contribution in [0.25, 0.3) is 0 Å². The molecule has 1 unspecified atom stereocenters. The molecule has 2 rings (SSSR count). The van der Waals surface area contributed by atoms with E-state index in [1.165, 1.54) is 0 Å². The Labute approximate surface area is 131 Å². The fraction of sp³-hybridized carbons (Fsp3) is 0.562. The molecular formula is C16H25N3O3. The summed E-state index contributed by atoms with van der Waals surface area (Å²) in [7, 11) is 1.63. The Morgan fingerprint density at radius 2 is 1.91 bits per heavy atom. The fourth-order valence-corrected chi connectivity index (χ4v) is 2.54. The summed E-state index contributed by atoms with van der Waals surface area (Å²) in [6.07, 6.45) is -0.324. The van der Waals surface area contributed by atoms with Crippen LogP contribution in [0.15, 0.2) is 24.3 Å². The molecule has 1 aromatic rings.